The van der Waals surface area contributed by atoms with E-state index in [4.69, 9.17) is 4.74 Å². The van der Waals surface area contributed by atoms with Crippen molar-refractivity contribution in [2.24, 2.45) is 0 Å². The first-order chi connectivity index (χ1) is 8.15. The van der Waals surface area contributed by atoms with Gasteiger partial charge in [0.05, 0.1) is 0 Å². The van der Waals surface area contributed by atoms with Crippen molar-refractivity contribution in [3.05, 3.63) is 29.3 Å². The number of benzene rings is 1. The summed E-state index contributed by atoms with van der Waals surface area (Å²) in [7, 11) is 0. The Kier molecular flexibility index (Phi) is 4.06. The normalized spacial score (nSPS) is 17.4. The zero-order valence-electron chi connectivity index (χ0n) is 11.1. The van der Waals surface area contributed by atoms with E-state index in [9.17, 15) is 0 Å². The minimum Gasteiger partial charge on any atom is -0.490 e. The second kappa shape index (κ2) is 5.54. The van der Waals surface area contributed by atoms with Gasteiger partial charge in [-0.05, 0) is 62.0 Å². The van der Waals surface area contributed by atoms with E-state index >= 15 is 0 Å². The number of ether oxygens (including phenoxy) is 1. The highest BCUT2D eigenvalue weighted by atomic mass is 16.5. The molecule has 1 heterocycles. The lowest BCUT2D eigenvalue weighted by molar-refractivity contribution is 0.162. The number of piperidine rings is 1. The van der Waals surface area contributed by atoms with Crippen LogP contribution in [0.25, 0.3) is 0 Å². The third-order valence-electron chi connectivity index (χ3n) is 3.33. The first-order valence-electron chi connectivity index (χ1n) is 6.64. The standard InChI is InChI=1S/C15H23NO/c1-11(2)13-8-12(3)9-15(10-13)17-14-4-6-16-7-5-14/h8-11,14,16H,4-7H2,1-3H3. The van der Waals surface area contributed by atoms with Crippen LogP contribution in [0.2, 0.25) is 0 Å². The summed E-state index contributed by atoms with van der Waals surface area (Å²) in [5, 5.41) is 3.36. The van der Waals surface area contributed by atoms with Gasteiger partial charge in [-0.15, -0.1) is 0 Å². The number of hydrogen-bond acceptors (Lipinski definition) is 2. The van der Waals surface area contributed by atoms with Crippen LogP contribution in [0, 0.1) is 6.92 Å². The molecule has 1 saturated heterocycles. The molecule has 2 nitrogen and oxygen atoms in total. The predicted molar refractivity (Wildman–Crippen MR) is 71.8 cm³/mol. The lowest BCUT2D eigenvalue weighted by Gasteiger charge is -2.24. The summed E-state index contributed by atoms with van der Waals surface area (Å²) in [4.78, 5) is 0. The van der Waals surface area contributed by atoms with Crippen LogP contribution < -0.4 is 10.1 Å². The Balaban J connectivity index is 2.09. The molecular weight excluding hydrogens is 210 g/mol. The number of hydrogen-bond donors (Lipinski definition) is 1. The molecule has 1 aromatic carbocycles. The van der Waals surface area contributed by atoms with E-state index in [2.05, 4.69) is 44.3 Å². The molecule has 0 amide bonds. The van der Waals surface area contributed by atoms with E-state index < -0.39 is 0 Å². The maximum atomic E-state index is 6.09. The Morgan fingerprint density at radius 2 is 1.88 bits per heavy atom. The van der Waals surface area contributed by atoms with Crippen molar-refractivity contribution in [1.29, 1.82) is 0 Å². The van der Waals surface area contributed by atoms with E-state index in [0.717, 1.165) is 31.7 Å². The lowest BCUT2D eigenvalue weighted by Crippen LogP contribution is -2.34. The van der Waals surface area contributed by atoms with Gasteiger partial charge in [-0.1, -0.05) is 19.9 Å². The maximum absolute atomic E-state index is 6.09. The molecule has 1 aliphatic rings. The van der Waals surface area contributed by atoms with Crippen molar-refractivity contribution < 1.29 is 4.74 Å². The van der Waals surface area contributed by atoms with Gasteiger partial charge in [0.2, 0.25) is 0 Å². The average Bonchev–Trinajstić information content (AvgIpc) is 2.29. The Bertz CT molecular complexity index is 367. The second-order valence-electron chi connectivity index (χ2n) is 5.30. The lowest BCUT2D eigenvalue weighted by atomic mass is 10.0. The van der Waals surface area contributed by atoms with Gasteiger partial charge in [0.15, 0.2) is 0 Å². The Morgan fingerprint density at radius 3 is 2.53 bits per heavy atom. The van der Waals surface area contributed by atoms with Gasteiger partial charge < -0.3 is 10.1 Å². The van der Waals surface area contributed by atoms with Crippen LogP contribution in [-0.2, 0) is 0 Å². The molecule has 0 spiro atoms. The molecule has 0 saturated carbocycles. The molecule has 0 bridgehead atoms. The minimum absolute atomic E-state index is 0.387. The summed E-state index contributed by atoms with van der Waals surface area (Å²) in [6.07, 6.45) is 2.62. The smallest absolute Gasteiger partial charge is 0.120 e. The predicted octanol–water partition coefficient (Wildman–Crippen LogP) is 3.25. The minimum atomic E-state index is 0.387. The molecule has 0 unspecified atom stereocenters. The monoisotopic (exact) mass is 233 g/mol. The van der Waals surface area contributed by atoms with Crippen LogP contribution in [-0.4, -0.2) is 19.2 Å². The molecule has 1 fully saturated rings. The van der Waals surface area contributed by atoms with Crippen molar-refractivity contribution in [2.75, 3.05) is 13.1 Å². The van der Waals surface area contributed by atoms with E-state index in [1.54, 1.807) is 0 Å². The Hall–Kier alpha value is -1.02. The SMILES string of the molecule is Cc1cc(OC2CCNCC2)cc(C(C)C)c1. The fourth-order valence-electron chi connectivity index (χ4n) is 2.28. The second-order valence-corrected chi connectivity index (χ2v) is 5.30. The molecule has 0 aliphatic carbocycles. The van der Waals surface area contributed by atoms with Crippen molar-refractivity contribution in [3.63, 3.8) is 0 Å². The van der Waals surface area contributed by atoms with Crippen molar-refractivity contribution in [2.45, 2.75) is 45.6 Å². The van der Waals surface area contributed by atoms with E-state index in [1.165, 1.54) is 11.1 Å². The molecule has 1 aliphatic heterocycles. The molecule has 0 atom stereocenters. The first kappa shape index (κ1) is 12.4. The fourth-order valence-corrected chi connectivity index (χ4v) is 2.28. The molecular formula is C15H23NO. The molecule has 0 aromatic heterocycles. The van der Waals surface area contributed by atoms with Gasteiger partial charge >= 0.3 is 0 Å². The summed E-state index contributed by atoms with van der Waals surface area (Å²) in [5.41, 5.74) is 2.66. The summed E-state index contributed by atoms with van der Waals surface area (Å²) >= 11 is 0. The quantitative estimate of drug-likeness (QED) is 0.865. The molecule has 94 valence electrons. The highest BCUT2D eigenvalue weighted by Crippen LogP contribution is 2.24. The van der Waals surface area contributed by atoms with Crippen LogP contribution in [0.5, 0.6) is 5.75 Å². The van der Waals surface area contributed by atoms with Crippen LogP contribution in [0.3, 0.4) is 0 Å². The van der Waals surface area contributed by atoms with Crippen LogP contribution in [0.15, 0.2) is 18.2 Å². The van der Waals surface area contributed by atoms with Crippen LogP contribution >= 0.6 is 0 Å². The Labute approximate surface area is 104 Å². The number of rotatable bonds is 3. The summed E-state index contributed by atoms with van der Waals surface area (Å²) in [6, 6.07) is 6.59. The first-order valence-corrected chi connectivity index (χ1v) is 6.64. The summed E-state index contributed by atoms with van der Waals surface area (Å²) < 4.78 is 6.09. The number of nitrogens with one attached hydrogen (secondary N) is 1. The molecule has 2 rings (SSSR count). The Morgan fingerprint density at radius 1 is 1.18 bits per heavy atom. The molecule has 1 N–H and O–H groups in total. The highest BCUT2D eigenvalue weighted by Gasteiger charge is 2.15. The van der Waals surface area contributed by atoms with Gasteiger partial charge in [-0.25, -0.2) is 0 Å². The van der Waals surface area contributed by atoms with Crippen molar-refractivity contribution in [3.8, 4) is 5.75 Å². The molecule has 0 radical (unpaired) electrons. The van der Waals surface area contributed by atoms with Crippen LogP contribution in [0.4, 0.5) is 0 Å². The van der Waals surface area contributed by atoms with Gasteiger partial charge in [0, 0.05) is 0 Å². The fraction of sp³-hybridized carbons (Fsp3) is 0.600. The third-order valence-corrected chi connectivity index (χ3v) is 3.33. The summed E-state index contributed by atoms with van der Waals surface area (Å²) in [5.74, 6) is 1.60. The van der Waals surface area contributed by atoms with Gasteiger partial charge in [0.25, 0.3) is 0 Å². The maximum Gasteiger partial charge on any atom is 0.120 e. The van der Waals surface area contributed by atoms with E-state index in [-0.39, 0.29) is 0 Å². The van der Waals surface area contributed by atoms with Gasteiger partial charge in [-0.3, -0.25) is 0 Å². The highest BCUT2D eigenvalue weighted by molar-refractivity contribution is 5.35. The third kappa shape index (κ3) is 3.47. The average molecular weight is 233 g/mol. The molecule has 1 aromatic rings. The van der Waals surface area contributed by atoms with Gasteiger partial charge in [0.1, 0.15) is 11.9 Å². The zero-order valence-corrected chi connectivity index (χ0v) is 11.1. The molecule has 17 heavy (non-hydrogen) atoms. The topological polar surface area (TPSA) is 21.3 Å². The van der Waals surface area contributed by atoms with E-state index in [0.29, 0.717) is 12.0 Å². The van der Waals surface area contributed by atoms with Crippen molar-refractivity contribution >= 4 is 0 Å². The van der Waals surface area contributed by atoms with Gasteiger partial charge in [-0.2, -0.15) is 0 Å². The zero-order chi connectivity index (χ0) is 12.3. The van der Waals surface area contributed by atoms with E-state index in [1.807, 2.05) is 0 Å². The number of aryl methyl sites for hydroxylation is 1. The molecule has 2 heteroatoms. The summed E-state index contributed by atoms with van der Waals surface area (Å²) in [6.45, 7) is 8.74. The van der Waals surface area contributed by atoms with Crippen LogP contribution in [0.1, 0.15) is 43.7 Å². The van der Waals surface area contributed by atoms with Crippen molar-refractivity contribution in [1.82, 2.24) is 5.32 Å². The largest absolute Gasteiger partial charge is 0.490 e.